The average Bonchev–Trinajstić information content (AvgIpc) is 2.93. The standard InChI is InChI=1S/C19H20FNO3/c20-15-3-1-13(2-4-15)17-7-8-21-10-14(17)11-22-16-5-6-18-19(9-16)24-12-23-18/h1-6,9,14,17,21H,7-8,10-12H2/t14?,17-/m0/s1/i10D2,11D2,12D2,17D. The first kappa shape index (κ1) is 9.28. The van der Waals surface area contributed by atoms with Gasteiger partial charge in [-0.1, -0.05) is 12.1 Å². The van der Waals surface area contributed by atoms with E-state index in [1.807, 2.05) is 0 Å². The molecule has 0 spiro atoms. The lowest BCUT2D eigenvalue weighted by atomic mass is 9.81. The maximum Gasteiger partial charge on any atom is 0.231 e. The Kier molecular flexibility index (Phi) is 2.59. The summed E-state index contributed by atoms with van der Waals surface area (Å²) in [5, 5.41) is 2.61. The summed E-state index contributed by atoms with van der Waals surface area (Å²) in [5.41, 5.74) is 0.274. The molecule has 1 saturated heterocycles. The molecule has 2 aromatic carbocycles. The molecular formula is C19H20FNO3. The molecule has 0 aromatic heterocycles. The minimum absolute atomic E-state index is 0.0127. The minimum atomic E-state index is -2.68. The Balaban J connectivity index is 1.69. The third-order valence-corrected chi connectivity index (χ3v) is 3.84. The quantitative estimate of drug-likeness (QED) is 0.930. The van der Waals surface area contributed by atoms with Crippen molar-refractivity contribution >= 4 is 0 Å². The summed E-state index contributed by atoms with van der Waals surface area (Å²) in [6.45, 7) is -7.23. The van der Waals surface area contributed by atoms with E-state index in [1.54, 1.807) is 0 Å². The van der Waals surface area contributed by atoms with Crippen LogP contribution in [0.5, 0.6) is 17.2 Å². The van der Waals surface area contributed by atoms with Crippen LogP contribution >= 0.6 is 0 Å². The van der Waals surface area contributed by atoms with E-state index in [2.05, 4.69) is 5.32 Å². The fraction of sp³-hybridized carbons (Fsp3) is 0.368. The van der Waals surface area contributed by atoms with Gasteiger partial charge in [0.1, 0.15) is 14.3 Å². The van der Waals surface area contributed by atoms with E-state index in [9.17, 15) is 4.39 Å². The first-order chi connectivity index (χ1) is 14.3. The van der Waals surface area contributed by atoms with Crippen LogP contribution in [0.4, 0.5) is 4.39 Å². The van der Waals surface area contributed by atoms with E-state index in [1.165, 1.54) is 30.3 Å². The largest absolute Gasteiger partial charge is 0.493 e. The lowest BCUT2D eigenvalue weighted by molar-refractivity contribution is 0.173. The van der Waals surface area contributed by atoms with E-state index in [-0.39, 0.29) is 35.8 Å². The molecule has 126 valence electrons. The molecule has 4 nitrogen and oxygen atoms in total. The third-order valence-electron chi connectivity index (χ3n) is 3.84. The van der Waals surface area contributed by atoms with Crippen molar-refractivity contribution in [3.8, 4) is 17.2 Å². The van der Waals surface area contributed by atoms with E-state index < -0.39 is 37.4 Å². The smallest absolute Gasteiger partial charge is 0.231 e. The molecular weight excluding hydrogens is 309 g/mol. The molecule has 0 amide bonds. The predicted octanol–water partition coefficient (Wildman–Crippen LogP) is 3.33. The van der Waals surface area contributed by atoms with Crippen molar-refractivity contribution in [2.75, 3.05) is 26.3 Å². The fourth-order valence-electron chi connectivity index (χ4n) is 2.63. The zero-order valence-corrected chi connectivity index (χ0v) is 12.6. The van der Waals surface area contributed by atoms with Crippen LogP contribution in [0, 0.1) is 11.7 Å². The predicted molar refractivity (Wildman–Crippen MR) is 88.2 cm³/mol. The Morgan fingerprint density at radius 3 is 2.96 bits per heavy atom. The van der Waals surface area contributed by atoms with Gasteiger partial charge in [-0.2, -0.15) is 0 Å². The zero-order valence-electron chi connectivity index (χ0n) is 19.6. The van der Waals surface area contributed by atoms with E-state index in [4.69, 9.17) is 23.8 Å². The number of halogens is 1. The number of benzene rings is 2. The molecule has 2 aliphatic heterocycles. The molecule has 1 N–H and O–H groups in total. The monoisotopic (exact) mass is 336 g/mol. The number of ether oxygens (including phenoxy) is 3. The summed E-state index contributed by atoms with van der Waals surface area (Å²) in [4.78, 5) is 0. The summed E-state index contributed by atoms with van der Waals surface area (Å²) in [6.07, 6.45) is 0.0764. The van der Waals surface area contributed by atoms with E-state index in [0.29, 0.717) is 0 Å². The Morgan fingerprint density at radius 2 is 2.08 bits per heavy atom. The van der Waals surface area contributed by atoms with Gasteiger partial charge in [0, 0.05) is 22.6 Å². The van der Waals surface area contributed by atoms with Crippen molar-refractivity contribution in [1.29, 1.82) is 0 Å². The number of rotatable bonds is 4. The highest BCUT2D eigenvalue weighted by atomic mass is 19.1. The second-order valence-electron chi connectivity index (χ2n) is 5.40. The second kappa shape index (κ2) is 6.69. The van der Waals surface area contributed by atoms with Gasteiger partial charge in [-0.05, 0) is 48.7 Å². The molecule has 2 heterocycles. The van der Waals surface area contributed by atoms with Crippen molar-refractivity contribution in [2.45, 2.75) is 12.3 Å². The Morgan fingerprint density at radius 1 is 1.25 bits per heavy atom. The lowest BCUT2D eigenvalue weighted by Crippen LogP contribution is -2.38. The van der Waals surface area contributed by atoms with Gasteiger partial charge in [0.2, 0.25) is 6.75 Å². The molecule has 24 heavy (non-hydrogen) atoms. The van der Waals surface area contributed by atoms with Crippen LogP contribution in [-0.4, -0.2) is 26.3 Å². The number of piperidine rings is 1. The van der Waals surface area contributed by atoms with Gasteiger partial charge in [-0.3, -0.25) is 0 Å². The molecule has 5 heteroatoms. The van der Waals surface area contributed by atoms with Crippen molar-refractivity contribution in [3.63, 3.8) is 0 Å². The summed E-state index contributed by atoms with van der Waals surface area (Å²) >= 11 is 0. The molecule has 2 aromatic rings. The molecule has 2 aliphatic rings. The van der Waals surface area contributed by atoms with Crippen LogP contribution in [0.2, 0.25) is 0 Å². The SMILES string of the molecule is [2H]C1([2H])Oc2ccc(OC([2H])([2H])C3C([2H])([2H])NCC[C@@]3([2H])c3ccc(F)cc3)cc2O1. The molecule has 0 aliphatic carbocycles. The minimum Gasteiger partial charge on any atom is -0.493 e. The maximum atomic E-state index is 13.4. The summed E-state index contributed by atoms with van der Waals surface area (Å²) in [7, 11) is 0. The molecule has 1 fully saturated rings. The highest BCUT2D eigenvalue weighted by molar-refractivity contribution is 5.46. The van der Waals surface area contributed by atoms with Gasteiger partial charge in [-0.15, -0.1) is 0 Å². The maximum absolute atomic E-state index is 13.4. The van der Waals surface area contributed by atoms with Gasteiger partial charge in [0.05, 0.1) is 9.30 Å². The van der Waals surface area contributed by atoms with Gasteiger partial charge in [-0.25, -0.2) is 4.39 Å². The summed E-state index contributed by atoms with van der Waals surface area (Å²) in [6, 6.07) is 8.97. The average molecular weight is 336 g/mol. The number of hydrogen-bond acceptors (Lipinski definition) is 4. The first-order valence-electron chi connectivity index (χ1n) is 11.0. The Hall–Kier alpha value is -2.27. The summed E-state index contributed by atoms with van der Waals surface area (Å²) in [5.74, 6) is -3.82. The Labute approximate surface area is 150 Å². The first-order valence-corrected chi connectivity index (χ1v) is 7.55. The topological polar surface area (TPSA) is 39.7 Å². The normalized spacial score (nSPS) is 34.5. The molecule has 1 unspecified atom stereocenters. The fourth-order valence-corrected chi connectivity index (χ4v) is 2.63. The van der Waals surface area contributed by atoms with Crippen molar-refractivity contribution in [3.05, 3.63) is 53.8 Å². The van der Waals surface area contributed by atoms with Crippen molar-refractivity contribution in [2.24, 2.45) is 5.92 Å². The molecule has 4 rings (SSSR count). The Bertz CT molecular complexity index is 989. The summed E-state index contributed by atoms with van der Waals surface area (Å²) < 4.78 is 86.8. The van der Waals surface area contributed by atoms with Gasteiger partial charge in [0.15, 0.2) is 11.5 Å². The van der Waals surface area contributed by atoms with Crippen molar-refractivity contribution in [1.82, 2.24) is 5.32 Å². The van der Waals surface area contributed by atoms with Crippen LogP contribution in [0.1, 0.15) is 27.5 Å². The van der Waals surface area contributed by atoms with Gasteiger partial charge in [0.25, 0.3) is 0 Å². The van der Waals surface area contributed by atoms with Crippen molar-refractivity contribution < 1.29 is 28.2 Å². The highest BCUT2D eigenvalue weighted by Crippen LogP contribution is 2.36. The van der Waals surface area contributed by atoms with Gasteiger partial charge < -0.3 is 19.5 Å². The van der Waals surface area contributed by atoms with Crippen LogP contribution in [-0.2, 0) is 0 Å². The third kappa shape index (κ3) is 3.17. The van der Waals surface area contributed by atoms with Gasteiger partial charge >= 0.3 is 0 Å². The van der Waals surface area contributed by atoms with Crippen LogP contribution < -0.4 is 19.5 Å². The lowest BCUT2D eigenvalue weighted by Gasteiger charge is -2.32. The molecule has 0 radical (unpaired) electrons. The number of hydrogen-bond donors (Lipinski definition) is 1. The van der Waals surface area contributed by atoms with Crippen LogP contribution in [0.15, 0.2) is 42.5 Å². The zero-order chi connectivity index (χ0) is 22.7. The second-order valence-corrected chi connectivity index (χ2v) is 5.40. The molecule has 0 saturated carbocycles. The molecule has 2 atom stereocenters. The molecule has 0 bridgehead atoms. The highest BCUT2D eigenvalue weighted by Gasteiger charge is 2.27. The number of nitrogens with one attached hydrogen (secondary N) is 1. The van der Waals surface area contributed by atoms with Crippen LogP contribution in [0.25, 0.3) is 0 Å². The van der Waals surface area contributed by atoms with Crippen LogP contribution in [0.3, 0.4) is 0 Å². The number of fused-ring (bicyclic) bond motifs is 1. The van der Waals surface area contributed by atoms with E-state index >= 15 is 0 Å². The van der Waals surface area contributed by atoms with E-state index in [0.717, 1.165) is 12.1 Å².